The minimum Gasteiger partial charge on any atom is -0.264 e. The Hall–Kier alpha value is 0.270. The number of hydrogen-bond donors (Lipinski definition) is 0. The van der Waals surface area contributed by atoms with Crippen LogP contribution in [-0.4, -0.2) is 21.2 Å². The van der Waals surface area contributed by atoms with Gasteiger partial charge in [0.15, 0.2) is 4.33 Å². The van der Waals surface area contributed by atoms with Crippen molar-refractivity contribution in [1.82, 2.24) is 0 Å². The van der Waals surface area contributed by atoms with Gasteiger partial charge in [-0.25, -0.2) is 0 Å². The van der Waals surface area contributed by atoms with Crippen LogP contribution in [0.3, 0.4) is 0 Å². The maximum Gasteiger partial charge on any atom is 0.244 e. The Morgan fingerprint density at radius 1 is 1.70 bits per heavy atom. The van der Waals surface area contributed by atoms with E-state index >= 15 is 0 Å². The summed E-state index contributed by atoms with van der Waals surface area (Å²) in [5.74, 6) is -0.155. The van der Waals surface area contributed by atoms with Crippen molar-refractivity contribution < 1.29 is 4.92 Å². The van der Waals surface area contributed by atoms with Crippen LogP contribution in [0.25, 0.3) is 0 Å². The molecule has 0 aromatic carbocycles. The van der Waals surface area contributed by atoms with Crippen LogP contribution in [0.2, 0.25) is 0 Å². The van der Waals surface area contributed by atoms with E-state index in [9.17, 15) is 10.1 Å². The first-order chi connectivity index (χ1) is 4.41. The van der Waals surface area contributed by atoms with Crippen LogP contribution in [0.1, 0.15) is 6.92 Å². The Kier molecular flexibility index (Phi) is 3.70. The second kappa shape index (κ2) is 3.60. The van der Waals surface area contributed by atoms with Crippen molar-refractivity contribution in [3.8, 4) is 0 Å². The van der Waals surface area contributed by atoms with E-state index in [0.29, 0.717) is 0 Å². The molecule has 0 aliphatic heterocycles. The second-order valence-corrected chi connectivity index (χ2v) is 3.67. The molecular weight excluding hydrogens is 200 g/mol. The van der Waals surface area contributed by atoms with E-state index in [0.717, 1.165) is 0 Å². The molecule has 0 aromatic rings. The van der Waals surface area contributed by atoms with E-state index < -0.39 is 15.3 Å². The zero-order chi connectivity index (χ0) is 8.36. The van der Waals surface area contributed by atoms with Crippen LogP contribution >= 0.6 is 34.8 Å². The van der Waals surface area contributed by atoms with Crippen molar-refractivity contribution in [2.24, 2.45) is 0 Å². The molecule has 0 aliphatic carbocycles. The monoisotopic (exact) mass is 205 g/mol. The molecule has 0 bridgehead atoms. The molecule has 6 heteroatoms. The molecule has 0 heterocycles. The second-order valence-electron chi connectivity index (χ2n) is 1.86. The number of alkyl halides is 3. The van der Waals surface area contributed by atoms with Gasteiger partial charge in [0, 0.05) is 11.8 Å². The molecule has 60 valence electrons. The Morgan fingerprint density at radius 2 is 2.10 bits per heavy atom. The van der Waals surface area contributed by atoms with Crippen LogP contribution in [0, 0.1) is 10.1 Å². The maximum absolute atomic E-state index is 10.1. The van der Waals surface area contributed by atoms with Crippen molar-refractivity contribution in [2.75, 3.05) is 5.88 Å². The van der Waals surface area contributed by atoms with Crippen LogP contribution in [-0.2, 0) is 0 Å². The summed E-state index contributed by atoms with van der Waals surface area (Å²) in [5.41, 5.74) is 0. The van der Waals surface area contributed by atoms with Gasteiger partial charge in [0.2, 0.25) is 6.04 Å². The van der Waals surface area contributed by atoms with Gasteiger partial charge in [-0.2, -0.15) is 0 Å². The summed E-state index contributed by atoms with van der Waals surface area (Å²) in [5, 5.41) is 10.1. The highest BCUT2D eigenvalue weighted by Gasteiger charge is 2.39. The van der Waals surface area contributed by atoms with Crippen LogP contribution in [0.15, 0.2) is 0 Å². The number of halogens is 3. The minimum atomic E-state index is -1.47. The quantitative estimate of drug-likeness (QED) is 0.403. The molecule has 3 nitrogen and oxygen atoms in total. The fourth-order valence-electron chi connectivity index (χ4n) is 0.266. The molecule has 0 radical (unpaired) electrons. The molecule has 0 N–H and O–H groups in total. The summed E-state index contributed by atoms with van der Waals surface area (Å²) in [6.45, 7) is 1.31. The van der Waals surface area contributed by atoms with E-state index in [4.69, 9.17) is 34.8 Å². The van der Waals surface area contributed by atoms with Crippen molar-refractivity contribution in [1.29, 1.82) is 0 Å². The van der Waals surface area contributed by atoms with Gasteiger partial charge in [-0.1, -0.05) is 23.2 Å². The molecule has 0 spiro atoms. The molecule has 1 atom stereocenters. The van der Waals surface area contributed by atoms with Crippen molar-refractivity contribution >= 4 is 34.8 Å². The van der Waals surface area contributed by atoms with E-state index in [1.807, 2.05) is 0 Å². The predicted molar refractivity (Wildman–Crippen MR) is 41.6 cm³/mol. The standard InChI is InChI=1S/C4H6Cl3NO2/c1-3(8(9)10)4(6,7)2-5/h3H,2H2,1H3. The molecular formula is C4H6Cl3NO2. The Balaban J connectivity index is 4.17. The van der Waals surface area contributed by atoms with Crippen LogP contribution < -0.4 is 0 Å². The van der Waals surface area contributed by atoms with Gasteiger partial charge >= 0.3 is 0 Å². The number of hydrogen-bond acceptors (Lipinski definition) is 2. The predicted octanol–water partition coefficient (Wildman–Crippen LogP) is 2.06. The topological polar surface area (TPSA) is 43.1 Å². The third-order valence-electron chi connectivity index (χ3n) is 1.11. The lowest BCUT2D eigenvalue weighted by Gasteiger charge is -2.16. The zero-order valence-electron chi connectivity index (χ0n) is 5.18. The third kappa shape index (κ3) is 2.48. The van der Waals surface area contributed by atoms with Gasteiger partial charge in [-0.15, -0.1) is 11.6 Å². The van der Waals surface area contributed by atoms with Gasteiger partial charge in [0.25, 0.3) is 0 Å². The van der Waals surface area contributed by atoms with E-state index in [1.165, 1.54) is 6.92 Å². The average Bonchev–Trinajstić information content (AvgIpc) is 1.86. The van der Waals surface area contributed by atoms with Gasteiger partial charge in [-0.05, 0) is 0 Å². The lowest BCUT2D eigenvalue weighted by atomic mass is 10.3. The normalized spacial score (nSPS) is 14.8. The smallest absolute Gasteiger partial charge is 0.244 e. The van der Waals surface area contributed by atoms with Crippen molar-refractivity contribution in [3.63, 3.8) is 0 Å². The average molecular weight is 206 g/mol. The third-order valence-corrected chi connectivity index (χ3v) is 2.70. The molecule has 0 amide bonds. The number of rotatable bonds is 3. The lowest BCUT2D eigenvalue weighted by molar-refractivity contribution is -0.519. The minimum absolute atomic E-state index is 0.155. The summed E-state index contributed by atoms with van der Waals surface area (Å²) in [4.78, 5) is 9.52. The Morgan fingerprint density at radius 3 is 2.20 bits per heavy atom. The summed E-state index contributed by atoms with van der Waals surface area (Å²) in [6, 6.07) is -1.05. The Labute approximate surface area is 73.4 Å². The van der Waals surface area contributed by atoms with Gasteiger partial charge < -0.3 is 0 Å². The summed E-state index contributed by atoms with van der Waals surface area (Å²) in [7, 11) is 0. The fourth-order valence-corrected chi connectivity index (χ4v) is 0.649. The summed E-state index contributed by atoms with van der Waals surface area (Å²) >= 11 is 16.2. The number of nitro groups is 1. The van der Waals surface area contributed by atoms with E-state index in [1.54, 1.807) is 0 Å². The van der Waals surface area contributed by atoms with Gasteiger partial charge in [0.1, 0.15) is 0 Å². The molecule has 0 aliphatic rings. The van der Waals surface area contributed by atoms with Crippen molar-refractivity contribution in [2.45, 2.75) is 17.3 Å². The fraction of sp³-hybridized carbons (Fsp3) is 1.00. The lowest BCUT2D eigenvalue weighted by Crippen LogP contribution is -2.36. The number of nitrogens with zero attached hydrogens (tertiary/aromatic N) is 1. The molecule has 0 rings (SSSR count). The summed E-state index contributed by atoms with van der Waals surface area (Å²) in [6.07, 6.45) is 0. The van der Waals surface area contributed by atoms with Crippen LogP contribution in [0.4, 0.5) is 0 Å². The van der Waals surface area contributed by atoms with Crippen LogP contribution in [0.5, 0.6) is 0 Å². The zero-order valence-corrected chi connectivity index (χ0v) is 7.45. The first kappa shape index (κ1) is 10.3. The highest BCUT2D eigenvalue weighted by Crippen LogP contribution is 2.28. The molecule has 10 heavy (non-hydrogen) atoms. The molecule has 0 saturated carbocycles. The molecule has 0 aromatic heterocycles. The maximum atomic E-state index is 10.1. The highest BCUT2D eigenvalue weighted by molar-refractivity contribution is 6.51. The van der Waals surface area contributed by atoms with E-state index in [-0.39, 0.29) is 5.88 Å². The molecule has 1 unspecified atom stereocenters. The van der Waals surface area contributed by atoms with E-state index in [2.05, 4.69) is 0 Å². The molecule has 0 fully saturated rings. The molecule has 0 saturated heterocycles. The van der Waals surface area contributed by atoms with Gasteiger partial charge in [-0.3, -0.25) is 10.1 Å². The summed E-state index contributed by atoms with van der Waals surface area (Å²) < 4.78 is -1.47. The van der Waals surface area contributed by atoms with Gasteiger partial charge in [0.05, 0.1) is 5.88 Å². The highest BCUT2D eigenvalue weighted by atomic mass is 35.5. The first-order valence-corrected chi connectivity index (χ1v) is 3.78. The first-order valence-electron chi connectivity index (χ1n) is 2.49. The van der Waals surface area contributed by atoms with Crippen molar-refractivity contribution in [3.05, 3.63) is 10.1 Å². The Bertz CT molecular complexity index is 138. The largest absolute Gasteiger partial charge is 0.264 e. The SMILES string of the molecule is CC([N+](=O)[O-])C(Cl)(Cl)CCl.